The van der Waals surface area contributed by atoms with Gasteiger partial charge in [0, 0.05) is 31.7 Å². The highest BCUT2D eigenvalue weighted by atomic mass is 35.5. The summed E-state index contributed by atoms with van der Waals surface area (Å²) >= 11 is 8.08. The molecule has 3 heterocycles. The lowest BCUT2D eigenvalue weighted by Crippen LogP contribution is -2.48. The van der Waals surface area contributed by atoms with E-state index < -0.39 is 34.7 Å². The first-order valence-electron chi connectivity index (χ1n) is 8.61. The van der Waals surface area contributed by atoms with Crippen LogP contribution in [-0.4, -0.2) is 58.0 Å². The van der Waals surface area contributed by atoms with Gasteiger partial charge in [0.15, 0.2) is 33.5 Å². The number of rotatable bonds is 3. The smallest absolute Gasteiger partial charge is 0.286 e. The minimum absolute atomic E-state index is 0.0713. The highest BCUT2D eigenvalue weighted by Crippen LogP contribution is 2.34. The van der Waals surface area contributed by atoms with E-state index in [-0.39, 0.29) is 4.91 Å². The number of piperazine rings is 1. The van der Waals surface area contributed by atoms with Crippen LogP contribution in [-0.2, 0) is 4.79 Å². The average Bonchev–Trinajstić information content (AvgIpc) is 3.32. The highest BCUT2D eigenvalue weighted by Gasteiger charge is 2.30. The van der Waals surface area contributed by atoms with Gasteiger partial charge in [-0.25, -0.2) is 8.78 Å². The normalized spacial score (nSPS) is 18.4. The summed E-state index contributed by atoms with van der Waals surface area (Å²) in [5.41, 5.74) is -0.395. The van der Waals surface area contributed by atoms with Crippen molar-refractivity contribution in [1.82, 2.24) is 13.6 Å². The summed E-state index contributed by atoms with van der Waals surface area (Å²) in [5, 5.41) is 0.797. The molecule has 0 N–H and O–H groups in total. The van der Waals surface area contributed by atoms with Crippen molar-refractivity contribution in [3.8, 4) is 5.75 Å². The Labute approximate surface area is 182 Å². The number of nitrogens with zero attached hydrogens (tertiary/aromatic N) is 5. The maximum atomic E-state index is 14.2. The molecule has 2 aliphatic heterocycles. The first-order valence-corrected chi connectivity index (χ1v) is 10.5. The van der Waals surface area contributed by atoms with Crippen LogP contribution >= 0.6 is 35.1 Å². The predicted octanol–water partition coefficient (Wildman–Crippen LogP) is 3.41. The van der Waals surface area contributed by atoms with Crippen molar-refractivity contribution >= 4 is 58.1 Å². The Morgan fingerprint density at radius 1 is 1.13 bits per heavy atom. The number of thioether (sulfide) groups is 1. The second-order valence-electron chi connectivity index (χ2n) is 6.27. The third-order valence-corrected chi connectivity index (χ3v) is 6.44. The lowest BCUT2D eigenvalue weighted by molar-refractivity contribution is -0.113. The van der Waals surface area contributed by atoms with Gasteiger partial charge in [-0.2, -0.15) is 18.1 Å². The van der Waals surface area contributed by atoms with Crippen LogP contribution in [0.1, 0.15) is 5.56 Å². The van der Waals surface area contributed by atoms with Gasteiger partial charge in [0.05, 0.1) is 23.7 Å². The molecule has 1 fully saturated rings. The maximum Gasteiger partial charge on any atom is 0.286 e. The molecule has 1 aromatic carbocycles. The SMILES string of the molecule is COc1c(F)cc(C=C2SC(N3CCN(c4nsnc4Cl)CC3)=NC2=O)c(F)c1F. The molecule has 4 rings (SSSR count). The fraction of sp³-hybridized carbons (Fsp3) is 0.294. The number of benzene rings is 1. The first kappa shape index (κ1) is 20.9. The standard InChI is InChI=1S/C17H13ClF3N5O2S2/c1-28-13-9(19)6-8(11(20)12(13)21)7-10-16(27)22-17(29-10)26-4-2-25(3-5-26)15-14(18)23-30-24-15/h6-7H,2-5H2,1H3. The number of anilines is 1. The van der Waals surface area contributed by atoms with Crippen molar-refractivity contribution in [3.05, 3.63) is 39.1 Å². The molecule has 0 atom stereocenters. The third kappa shape index (κ3) is 3.86. The van der Waals surface area contributed by atoms with Gasteiger partial charge in [0.1, 0.15) is 0 Å². The number of amidine groups is 1. The molecule has 1 saturated heterocycles. The van der Waals surface area contributed by atoms with E-state index in [9.17, 15) is 18.0 Å². The van der Waals surface area contributed by atoms with E-state index in [1.54, 1.807) is 0 Å². The summed E-state index contributed by atoms with van der Waals surface area (Å²) < 4.78 is 54.7. The number of hydrogen-bond acceptors (Lipinski definition) is 8. The van der Waals surface area contributed by atoms with E-state index in [2.05, 4.69) is 18.5 Å². The minimum atomic E-state index is -1.45. The highest BCUT2D eigenvalue weighted by molar-refractivity contribution is 8.18. The fourth-order valence-electron chi connectivity index (χ4n) is 3.03. The summed E-state index contributed by atoms with van der Waals surface area (Å²) in [4.78, 5) is 20.2. The van der Waals surface area contributed by atoms with Crippen LogP contribution in [0.4, 0.5) is 19.0 Å². The molecule has 7 nitrogen and oxygen atoms in total. The molecular formula is C17H13ClF3N5O2S2. The fourth-order valence-corrected chi connectivity index (χ4v) is 4.77. The number of ether oxygens (including phenoxy) is 1. The largest absolute Gasteiger partial charge is 0.491 e. The average molecular weight is 476 g/mol. The van der Waals surface area contributed by atoms with Gasteiger partial charge in [-0.15, -0.1) is 0 Å². The van der Waals surface area contributed by atoms with Crippen LogP contribution in [0.15, 0.2) is 16.0 Å². The Hall–Kier alpha value is -2.31. The lowest BCUT2D eigenvalue weighted by Gasteiger charge is -2.35. The van der Waals surface area contributed by atoms with Crippen LogP contribution in [0.3, 0.4) is 0 Å². The van der Waals surface area contributed by atoms with Gasteiger partial charge in [0.2, 0.25) is 5.82 Å². The van der Waals surface area contributed by atoms with E-state index in [1.807, 2.05) is 9.80 Å². The molecular weight excluding hydrogens is 463 g/mol. The van der Waals surface area contributed by atoms with Gasteiger partial charge < -0.3 is 14.5 Å². The summed E-state index contributed by atoms with van der Waals surface area (Å²) in [6, 6.07) is 0.778. The predicted molar refractivity (Wildman–Crippen MR) is 110 cm³/mol. The van der Waals surface area contributed by atoms with Crippen LogP contribution in [0.25, 0.3) is 6.08 Å². The Bertz CT molecular complexity index is 1070. The zero-order valence-corrected chi connectivity index (χ0v) is 17.8. The summed E-state index contributed by atoms with van der Waals surface area (Å²) in [6.45, 7) is 2.31. The van der Waals surface area contributed by atoms with Gasteiger partial charge in [0.25, 0.3) is 5.91 Å². The number of amides is 1. The number of carbonyl (C=O) groups is 1. The molecule has 0 spiro atoms. The second-order valence-corrected chi connectivity index (χ2v) is 8.17. The number of carbonyl (C=O) groups excluding carboxylic acids is 1. The molecule has 0 aliphatic carbocycles. The summed E-state index contributed by atoms with van der Waals surface area (Å²) in [5.74, 6) is -4.60. The van der Waals surface area contributed by atoms with E-state index >= 15 is 0 Å². The Balaban J connectivity index is 1.47. The van der Waals surface area contributed by atoms with Crippen molar-refractivity contribution in [2.75, 3.05) is 38.2 Å². The van der Waals surface area contributed by atoms with E-state index in [0.29, 0.717) is 42.3 Å². The minimum Gasteiger partial charge on any atom is -0.491 e. The number of halogens is 4. The van der Waals surface area contributed by atoms with Crippen LogP contribution in [0, 0.1) is 17.5 Å². The molecule has 0 saturated carbocycles. The quantitative estimate of drug-likeness (QED) is 0.497. The Morgan fingerprint density at radius 3 is 2.47 bits per heavy atom. The van der Waals surface area contributed by atoms with Crippen molar-refractivity contribution < 1.29 is 22.7 Å². The number of methoxy groups -OCH3 is 1. The monoisotopic (exact) mass is 475 g/mol. The van der Waals surface area contributed by atoms with Crippen LogP contribution in [0.2, 0.25) is 5.15 Å². The van der Waals surface area contributed by atoms with Crippen LogP contribution < -0.4 is 9.64 Å². The first-order chi connectivity index (χ1) is 14.4. The van der Waals surface area contributed by atoms with Gasteiger partial charge in [-0.1, -0.05) is 11.6 Å². The molecule has 0 bridgehead atoms. The summed E-state index contributed by atoms with van der Waals surface area (Å²) in [6.07, 6.45) is 1.08. The molecule has 1 aromatic heterocycles. The van der Waals surface area contributed by atoms with Crippen LogP contribution in [0.5, 0.6) is 5.75 Å². The molecule has 158 valence electrons. The van der Waals surface area contributed by atoms with Crippen molar-refractivity contribution in [2.45, 2.75) is 0 Å². The van der Waals surface area contributed by atoms with Gasteiger partial charge in [-0.3, -0.25) is 4.79 Å². The Kier molecular flexibility index (Phi) is 5.89. The Morgan fingerprint density at radius 2 is 1.83 bits per heavy atom. The number of aliphatic imine (C=N–C) groups is 1. The van der Waals surface area contributed by atoms with E-state index in [4.69, 9.17) is 11.6 Å². The third-order valence-electron chi connectivity index (χ3n) is 4.53. The van der Waals surface area contributed by atoms with Gasteiger partial charge >= 0.3 is 0 Å². The number of hydrogen-bond donors (Lipinski definition) is 0. The molecule has 30 heavy (non-hydrogen) atoms. The van der Waals surface area contributed by atoms with Crippen molar-refractivity contribution in [2.24, 2.45) is 4.99 Å². The maximum absolute atomic E-state index is 14.2. The number of aromatic nitrogens is 2. The van der Waals surface area contributed by atoms with Gasteiger partial charge in [-0.05, 0) is 23.9 Å². The summed E-state index contributed by atoms with van der Waals surface area (Å²) in [7, 11) is 1.04. The van der Waals surface area contributed by atoms with E-state index in [1.165, 1.54) is 0 Å². The molecule has 0 radical (unpaired) electrons. The van der Waals surface area contributed by atoms with Crippen molar-refractivity contribution in [3.63, 3.8) is 0 Å². The second kappa shape index (κ2) is 8.44. The lowest BCUT2D eigenvalue weighted by atomic mass is 10.1. The van der Waals surface area contributed by atoms with Crippen molar-refractivity contribution in [1.29, 1.82) is 0 Å². The molecule has 2 aromatic rings. The topological polar surface area (TPSA) is 70.9 Å². The molecule has 0 unspecified atom stereocenters. The zero-order valence-electron chi connectivity index (χ0n) is 15.4. The van der Waals surface area contributed by atoms with E-state index in [0.717, 1.165) is 42.7 Å². The zero-order chi connectivity index (χ0) is 21.4. The molecule has 2 aliphatic rings. The molecule has 13 heteroatoms. The molecule has 1 amide bonds.